The van der Waals surface area contributed by atoms with Gasteiger partial charge in [0, 0.05) is 19.7 Å². The van der Waals surface area contributed by atoms with E-state index in [1.165, 1.54) is 19.5 Å². The Kier molecular flexibility index (Phi) is 3.87. The van der Waals surface area contributed by atoms with Crippen molar-refractivity contribution >= 4 is 0 Å². The van der Waals surface area contributed by atoms with Gasteiger partial charge in [-0.15, -0.1) is 0 Å². The molecule has 1 fully saturated rings. The maximum Gasteiger partial charge on any atom is 0.0699 e. The second-order valence-electron chi connectivity index (χ2n) is 3.15. The lowest BCUT2D eigenvalue weighted by atomic mass is 10.2. The van der Waals surface area contributed by atoms with Gasteiger partial charge in [-0.05, 0) is 19.4 Å². The smallest absolute Gasteiger partial charge is 0.0699 e. The van der Waals surface area contributed by atoms with Crippen molar-refractivity contribution in [1.29, 1.82) is 0 Å². The number of hydrogen-bond acceptors (Lipinski definition) is 2. The Morgan fingerprint density at radius 1 is 1.45 bits per heavy atom. The second-order valence-corrected chi connectivity index (χ2v) is 3.15. The van der Waals surface area contributed by atoms with Crippen molar-refractivity contribution in [2.45, 2.75) is 32.8 Å². The standard InChI is InChI=1S/C9H19NO/c1-3-9-8-10(4-2)6-5-7-11-9/h9H,3-8H2,1-2H3. The van der Waals surface area contributed by atoms with Crippen LogP contribution in [-0.4, -0.2) is 37.2 Å². The zero-order valence-electron chi connectivity index (χ0n) is 7.68. The minimum atomic E-state index is 0.484. The third-order valence-corrected chi connectivity index (χ3v) is 2.34. The average molecular weight is 157 g/mol. The molecule has 0 amide bonds. The predicted octanol–water partition coefficient (Wildman–Crippen LogP) is 1.51. The van der Waals surface area contributed by atoms with Crippen molar-refractivity contribution in [1.82, 2.24) is 4.90 Å². The maximum atomic E-state index is 5.64. The van der Waals surface area contributed by atoms with E-state index >= 15 is 0 Å². The molecule has 66 valence electrons. The summed E-state index contributed by atoms with van der Waals surface area (Å²) in [5.41, 5.74) is 0. The molecule has 11 heavy (non-hydrogen) atoms. The van der Waals surface area contributed by atoms with E-state index in [1.807, 2.05) is 0 Å². The van der Waals surface area contributed by atoms with Gasteiger partial charge in [0.2, 0.25) is 0 Å². The molecule has 0 bridgehead atoms. The molecule has 1 unspecified atom stereocenters. The number of rotatable bonds is 2. The lowest BCUT2D eigenvalue weighted by Crippen LogP contribution is -2.31. The van der Waals surface area contributed by atoms with Gasteiger partial charge in [0.05, 0.1) is 6.10 Å². The fraction of sp³-hybridized carbons (Fsp3) is 1.00. The quantitative estimate of drug-likeness (QED) is 0.602. The van der Waals surface area contributed by atoms with Gasteiger partial charge in [0.25, 0.3) is 0 Å². The van der Waals surface area contributed by atoms with Gasteiger partial charge in [-0.3, -0.25) is 0 Å². The lowest BCUT2D eigenvalue weighted by molar-refractivity contribution is 0.0526. The molecule has 1 rings (SSSR count). The van der Waals surface area contributed by atoms with Crippen molar-refractivity contribution in [3.05, 3.63) is 0 Å². The van der Waals surface area contributed by atoms with E-state index in [2.05, 4.69) is 18.7 Å². The lowest BCUT2D eigenvalue weighted by Gasteiger charge is -2.20. The van der Waals surface area contributed by atoms with Gasteiger partial charge >= 0.3 is 0 Å². The summed E-state index contributed by atoms with van der Waals surface area (Å²) >= 11 is 0. The highest BCUT2D eigenvalue weighted by Gasteiger charge is 2.14. The summed E-state index contributed by atoms with van der Waals surface area (Å²) in [5.74, 6) is 0. The van der Waals surface area contributed by atoms with Gasteiger partial charge in [0.1, 0.15) is 0 Å². The molecule has 0 radical (unpaired) electrons. The zero-order chi connectivity index (χ0) is 8.10. The van der Waals surface area contributed by atoms with Crippen LogP contribution in [0.2, 0.25) is 0 Å². The van der Waals surface area contributed by atoms with E-state index in [0.29, 0.717) is 6.10 Å². The summed E-state index contributed by atoms with van der Waals surface area (Å²) in [6.07, 6.45) is 2.83. The molecule has 0 aromatic heterocycles. The molecular weight excluding hydrogens is 138 g/mol. The topological polar surface area (TPSA) is 12.5 Å². The van der Waals surface area contributed by atoms with Crippen LogP contribution in [0.5, 0.6) is 0 Å². The monoisotopic (exact) mass is 157 g/mol. The third kappa shape index (κ3) is 2.80. The van der Waals surface area contributed by atoms with E-state index in [0.717, 1.165) is 19.6 Å². The highest BCUT2D eigenvalue weighted by atomic mass is 16.5. The van der Waals surface area contributed by atoms with Crippen molar-refractivity contribution < 1.29 is 4.74 Å². The molecule has 2 nitrogen and oxygen atoms in total. The Morgan fingerprint density at radius 2 is 2.27 bits per heavy atom. The van der Waals surface area contributed by atoms with Gasteiger partial charge in [-0.2, -0.15) is 0 Å². The number of ether oxygens (including phenoxy) is 1. The fourth-order valence-electron chi connectivity index (χ4n) is 1.50. The first-order valence-electron chi connectivity index (χ1n) is 4.70. The Morgan fingerprint density at radius 3 is 2.91 bits per heavy atom. The molecule has 0 aromatic carbocycles. The summed E-state index contributed by atoms with van der Waals surface area (Å²) < 4.78 is 5.64. The summed E-state index contributed by atoms with van der Waals surface area (Å²) in [5, 5.41) is 0. The Hall–Kier alpha value is -0.0800. The number of nitrogens with zero attached hydrogens (tertiary/aromatic N) is 1. The van der Waals surface area contributed by atoms with Crippen molar-refractivity contribution in [2.75, 3.05) is 26.2 Å². The highest BCUT2D eigenvalue weighted by Crippen LogP contribution is 2.07. The van der Waals surface area contributed by atoms with Crippen molar-refractivity contribution in [2.24, 2.45) is 0 Å². The Bertz CT molecular complexity index is 93.7. The second kappa shape index (κ2) is 4.73. The summed E-state index contributed by atoms with van der Waals surface area (Å²) in [6, 6.07) is 0. The minimum absolute atomic E-state index is 0.484. The summed E-state index contributed by atoms with van der Waals surface area (Å²) in [7, 11) is 0. The van der Waals surface area contributed by atoms with Crippen LogP contribution in [0.25, 0.3) is 0 Å². The van der Waals surface area contributed by atoms with Crippen LogP contribution in [0.3, 0.4) is 0 Å². The van der Waals surface area contributed by atoms with Crippen LogP contribution in [0, 0.1) is 0 Å². The largest absolute Gasteiger partial charge is 0.377 e. The Labute approximate surface area is 69.5 Å². The van der Waals surface area contributed by atoms with Crippen LogP contribution >= 0.6 is 0 Å². The summed E-state index contributed by atoms with van der Waals surface area (Å²) in [6.45, 7) is 8.89. The molecule has 1 saturated heterocycles. The first-order valence-corrected chi connectivity index (χ1v) is 4.70. The Balaban J connectivity index is 2.33. The van der Waals surface area contributed by atoms with Crippen molar-refractivity contribution in [3.8, 4) is 0 Å². The van der Waals surface area contributed by atoms with Crippen LogP contribution in [0.15, 0.2) is 0 Å². The van der Waals surface area contributed by atoms with E-state index in [9.17, 15) is 0 Å². The fourth-order valence-corrected chi connectivity index (χ4v) is 1.50. The molecule has 1 heterocycles. The molecule has 2 heteroatoms. The molecule has 0 spiro atoms. The molecule has 1 atom stereocenters. The highest BCUT2D eigenvalue weighted by molar-refractivity contribution is 4.67. The number of likely N-dealkylation sites (N-methyl/N-ethyl adjacent to an activating group) is 1. The van der Waals surface area contributed by atoms with Crippen molar-refractivity contribution in [3.63, 3.8) is 0 Å². The van der Waals surface area contributed by atoms with Crippen LogP contribution < -0.4 is 0 Å². The van der Waals surface area contributed by atoms with E-state index in [1.54, 1.807) is 0 Å². The molecule has 0 aromatic rings. The molecule has 0 aliphatic carbocycles. The first-order chi connectivity index (χ1) is 5.36. The molecular formula is C9H19NO. The van der Waals surface area contributed by atoms with E-state index in [-0.39, 0.29) is 0 Å². The normalized spacial score (nSPS) is 28.4. The number of hydrogen-bond donors (Lipinski definition) is 0. The van der Waals surface area contributed by atoms with Gasteiger partial charge in [-0.25, -0.2) is 0 Å². The maximum absolute atomic E-state index is 5.64. The van der Waals surface area contributed by atoms with Gasteiger partial charge < -0.3 is 9.64 Å². The van der Waals surface area contributed by atoms with Crippen LogP contribution in [0.4, 0.5) is 0 Å². The molecule has 1 aliphatic heterocycles. The van der Waals surface area contributed by atoms with Gasteiger partial charge in [0.15, 0.2) is 0 Å². The SMILES string of the molecule is CCC1CN(CC)CCCO1. The van der Waals surface area contributed by atoms with Crippen LogP contribution in [-0.2, 0) is 4.74 Å². The first kappa shape index (κ1) is 9.01. The average Bonchev–Trinajstić information content (AvgIpc) is 2.28. The predicted molar refractivity (Wildman–Crippen MR) is 46.8 cm³/mol. The van der Waals surface area contributed by atoms with E-state index < -0.39 is 0 Å². The third-order valence-electron chi connectivity index (χ3n) is 2.34. The van der Waals surface area contributed by atoms with Crippen LogP contribution in [0.1, 0.15) is 26.7 Å². The minimum Gasteiger partial charge on any atom is -0.377 e. The van der Waals surface area contributed by atoms with Gasteiger partial charge in [-0.1, -0.05) is 13.8 Å². The van der Waals surface area contributed by atoms with E-state index in [4.69, 9.17) is 4.74 Å². The zero-order valence-corrected chi connectivity index (χ0v) is 7.68. The molecule has 0 saturated carbocycles. The molecule has 1 aliphatic rings. The molecule has 0 N–H and O–H groups in total. The summed E-state index contributed by atoms with van der Waals surface area (Å²) in [4.78, 5) is 2.47.